The van der Waals surface area contributed by atoms with Gasteiger partial charge in [0.15, 0.2) is 5.78 Å². The van der Waals surface area contributed by atoms with Crippen molar-refractivity contribution < 1.29 is 13.6 Å². The van der Waals surface area contributed by atoms with Gasteiger partial charge in [-0.3, -0.25) is 4.79 Å². The first kappa shape index (κ1) is 18.5. The van der Waals surface area contributed by atoms with E-state index < -0.39 is 23.0 Å². The average Bonchev–Trinajstić information content (AvgIpc) is 2.68. The first-order valence-corrected chi connectivity index (χ1v) is 8.57. The quantitative estimate of drug-likeness (QED) is 0.570. The molecule has 0 bridgehead atoms. The monoisotopic (exact) mass is 361 g/mol. The molecule has 0 saturated heterocycles. The third-order valence-corrected chi connectivity index (χ3v) is 4.54. The lowest BCUT2D eigenvalue weighted by Crippen LogP contribution is -2.05. The van der Waals surface area contributed by atoms with Gasteiger partial charge in [0.1, 0.15) is 23.3 Å². The molecule has 3 aromatic carbocycles. The number of benzene rings is 3. The Morgan fingerprint density at radius 2 is 1.56 bits per heavy atom. The first-order chi connectivity index (χ1) is 13.0. The van der Waals surface area contributed by atoms with Gasteiger partial charge in [0.05, 0.1) is 0 Å². The van der Waals surface area contributed by atoms with Crippen molar-refractivity contribution >= 4 is 5.78 Å². The number of carbonyl (C=O) groups excluding carboxylic acids is 1. The van der Waals surface area contributed by atoms with Crippen molar-refractivity contribution in [3.05, 3.63) is 106 Å². The van der Waals surface area contributed by atoms with Gasteiger partial charge in [0.2, 0.25) is 0 Å². The lowest BCUT2D eigenvalue weighted by atomic mass is 9.92. The van der Waals surface area contributed by atoms with Crippen molar-refractivity contribution in [3.8, 4) is 6.07 Å². The van der Waals surface area contributed by atoms with Gasteiger partial charge < -0.3 is 0 Å². The Morgan fingerprint density at radius 3 is 2.11 bits per heavy atom. The zero-order chi connectivity index (χ0) is 19.4. The number of hydrogen-bond donors (Lipinski definition) is 0. The van der Waals surface area contributed by atoms with Gasteiger partial charge in [-0.15, -0.1) is 0 Å². The fourth-order valence-electron chi connectivity index (χ4n) is 3.02. The van der Waals surface area contributed by atoms with Crippen LogP contribution in [0.5, 0.6) is 0 Å². The molecule has 3 aromatic rings. The molecule has 0 fully saturated rings. The summed E-state index contributed by atoms with van der Waals surface area (Å²) in [5.41, 5.74) is 1.85. The van der Waals surface area contributed by atoms with Gasteiger partial charge in [0, 0.05) is 11.1 Å². The summed E-state index contributed by atoms with van der Waals surface area (Å²) in [6, 6.07) is 20.4. The van der Waals surface area contributed by atoms with Crippen molar-refractivity contribution in [2.75, 3.05) is 0 Å². The smallest absolute Gasteiger partial charge is 0.193 e. The molecule has 134 valence electrons. The Bertz CT molecular complexity index is 982. The Kier molecular flexibility index (Phi) is 5.42. The molecule has 0 aromatic heterocycles. The molecule has 0 aliphatic carbocycles. The second kappa shape index (κ2) is 7.92. The molecule has 0 aliphatic rings. The fraction of sp³-hybridized carbons (Fsp3) is 0.130. The van der Waals surface area contributed by atoms with Crippen LogP contribution in [0.3, 0.4) is 0 Å². The summed E-state index contributed by atoms with van der Waals surface area (Å²) >= 11 is 0. The number of hydrogen-bond acceptors (Lipinski definition) is 2. The molecular formula is C23H17F2NO. The summed E-state index contributed by atoms with van der Waals surface area (Å²) in [5.74, 6) is -2.22. The molecule has 0 heterocycles. The Balaban J connectivity index is 1.77. The molecule has 0 amide bonds. The molecule has 0 aliphatic heterocycles. The van der Waals surface area contributed by atoms with E-state index in [1.807, 2.05) is 30.3 Å². The van der Waals surface area contributed by atoms with Crippen molar-refractivity contribution in [1.29, 1.82) is 5.26 Å². The molecule has 27 heavy (non-hydrogen) atoms. The Hall–Kier alpha value is -3.32. The molecular weight excluding hydrogens is 344 g/mol. The second-order valence-corrected chi connectivity index (χ2v) is 6.47. The zero-order valence-corrected chi connectivity index (χ0v) is 14.7. The van der Waals surface area contributed by atoms with Gasteiger partial charge >= 0.3 is 0 Å². The minimum Gasteiger partial charge on any atom is -0.289 e. The fourth-order valence-corrected chi connectivity index (χ4v) is 3.02. The van der Waals surface area contributed by atoms with Gasteiger partial charge in [-0.05, 0) is 35.6 Å². The molecule has 3 rings (SSSR count). The van der Waals surface area contributed by atoms with Crippen LogP contribution >= 0.6 is 0 Å². The van der Waals surface area contributed by atoms with E-state index in [9.17, 15) is 13.6 Å². The minimum absolute atomic E-state index is 0.116. The SMILES string of the molecule is CC(Cc1ccc(C(=O)c2cc(F)c(C#N)c(F)c2)cc1)c1ccccc1. The highest BCUT2D eigenvalue weighted by molar-refractivity contribution is 6.09. The van der Waals surface area contributed by atoms with E-state index >= 15 is 0 Å². The predicted molar refractivity (Wildman–Crippen MR) is 99.5 cm³/mol. The summed E-state index contributed by atoms with van der Waals surface area (Å²) in [6.45, 7) is 2.14. The number of nitriles is 1. The van der Waals surface area contributed by atoms with Crippen LogP contribution in [0.15, 0.2) is 66.7 Å². The van der Waals surface area contributed by atoms with Crippen LogP contribution in [-0.4, -0.2) is 5.78 Å². The predicted octanol–water partition coefficient (Wildman–Crippen LogP) is 5.41. The van der Waals surface area contributed by atoms with Crippen LogP contribution in [0, 0.1) is 23.0 Å². The van der Waals surface area contributed by atoms with E-state index in [1.54, 1.807) is 12.1 Å². The molecule has 2 nitrogen and oxygen atoms in total. The van der Waals surface area contributed by atoms with Gasteiger partial charge in [0.25, 0.3) is 0 Å². The largest absolute Gasteiger partial charge is 0.289 e. The number of halogens is 2. The molecule has 1 atom stereocenters. The number of ketones is 1. The Labute approximate surface area is 156 Å². The van der Waals surface area contributed by atoms with Gasteiger partial charge in [-0.1, -0.05) is 61.5 Å². The molecule has 0 N–H and O–H groups in total. The van der Waals surface area contributed by atoms with Crippen LogP contribution < -0.4 is 0 Å². The maximum atomic E-state index is 13.7. The topological polar surface area (TPSA) is 40.9 Å². The average molecular weight is 361 g/mol. The standard InChI is InChI=1S/C23H17F2NO/c1-15(17-5-3-2-4-6-17)11-16-7-9-18(10-8-16)23(27)19-12-21(24)20(14-26)22(25)13-19/h2-10,12-13,15H,11H2,1H3. The lowest BCUT2D eigenvalue weighted by molar-refractivity contribution is 0.103. The van der Waals surface area contributed by atoms with E-state index in [-0.39, 0.29) is 5.56 Å². The summed E-state index contributed by atoms with van der Waals surface area (Å²) < 4.78 is 27.5. The van der Waals surface area contributed by atoms with Crippen LogP contribution in [0.4, 0.5) is 8.78 Å². The molecule has 4 heteroatoms. The molecule has 1 unspecified atom stereocenters. The first-order valence-electron chi connectivity index (χ1n) is 8.57. The maximum Gasteiger partial charge on any atom is 0.193 e. The third-order valence-electron chi connectivity index (χ3n) is 4.54. The molecule has 0 radical (unpaired) electrons. The minimum atomic E-state index is -1.03. The summed E-state index contributed by atoms with van der Waals surface area (Å²) in [4.78, 5) is 12.5. The van der Waals surface area contributed by atoms with Gasteiger partial charge in [-0.2, -0.15) is 5.26 Å². The van der Waals surface area contributed by atoms with Crippen LogP contribution in [0.25, 0.3) is 0 Å². The van der Waals surface area contributed by atoms with Gasteiger partial charge in [-0.25, -0.2) is 8.78 Å². The van der Waals surface area contributed by atoms with Crippen molar-refractivity contribution in [1.82, 2.24) is 0 Å². The van der Waals surface area contributed by atoms with E-state index in [2.05, 4.69) is 19.1 Å². The highest BCUT2D eigenvalue weighted by atomic mass is 19.1. The van der Waals surface area contributed by atoms with Crippen LogP contribution in [-0.2, 0) is 6.42 Å². The molecule has 0 spiro atoms. The highest BCUT2D eigenvalue weighted by Crippen LogP contribution is 2.22. The number of rotatable bonds is 5. The van der Waals surface area contributed by atoms with Crippen LogP contribution in [0.1, 0.15) is 45.5 Å². The molecule has 0 saturated carbocycles. The van der Waals surface area contributed by atoms with E-state index in [4.69, 9.17) is 5.26 Å². The van der Waals surface area contributed by atoms with E-state index in [0.29, 0.717) is 11.5 Å². The summed E-state index contributed by atoms with van der Waals surface area (Å²) in [6.07, 6.45) is 0.818. The van der Waals surface area contributed by atoms with Crippen molar-refractivity contribution in [3.63, 3.8) is 0 Å². The third kappa shape index (κ3) is 4.09. The number of nitrogens with zero attached hydrogens (tertiary/aromatic N) is 1. The van der Waals surface area contributed by atoms with Crippen molar-refractivity contribution in [2.24, 2.45) is 0 Å². The Morgan fingerprint density at radius 1 is 0.963 bits per heavy atom. The lowest BCUT2D eigenvalue weighted by Gasteiger charge is -2.12. The number of carbonyl (C=O) groups is 1. The van der Waals surface area contributed by atoms with E-state index in [1.165, 1.54) is 11.6 Å². The van der Waals surface area contributed by atoms with Crippen LogP contribution in [0.2, 0.25) is 0 Å². The van der Waals surface area contributed by atoms with Crippen molar-refractivity contribution in [2.45, 2.75) is 19.3 Å². The summed E-state index contributed by atoms with van der Waals surface area (Å²) in [7, 11) is 0. The zero-order valence-electron chi connectivity index (χ0n) is 14.7. The van der Waals surface area contributed by atoms with E-state index in [0.717, 1.165) is 24.1 Å². The second-order valence-electron chi connectivity index (χ2n) is 6.47. The highest BCUT2D eigenvalue weighted by Gasteiger charge is 2.16. The maximum absolute atomic E-state index is 13.7. The normalized spacial score (nSPS) is 11.6. The summed E-state index contributed by atoms with van der Waals surface area (Å²) in [5, 5.41) is 8.72.